The van der Waals surface area contributed by atoms with Gasteiger partial charge in [-0.2, -0.15) is 22.7 Å². The number of hydrogen-bond donors (Lipinski definition) is 1. The molecule has 30 heavy (non-hydrogen) atoms. The molecule has 1 saturated heterocycles. The zero-order valence-corrected chi connectivity index (χ0v) is 16.3. The van der Waals surface area contributed by atoms with E-state index in [0.29, 0.717) is 23.6 Å². The lowest BCUT2D eigenvalue weighted by atomic mass is 10.0. The summed E-state index contributed by atoms with van der Waals surface area (Å²) in [6.45, 7) is 4.13. The molecular formula is C19H21F3N6O2. The lowest BCUT2D eigenvalue weighted by Gasteiger charge is -2.33. The second kappa shape index (κ2) is 8.05. The summed E-state index contributed by atoms with van der Waals surface area (Å²) in [5.74, 6) is -1.17. The van der Waals surface area contributed by atoms with Crippen molar-refractivity contribution in [3.8, 4) is 11.5 Å². The second-order valence-corrected chi connectivity index (χ2v) is 7.29. The van der Waals surface area contributed by atoms with Crippen LogP contribution in [0.3, 0.4) is 0 Å². The quantitative estimate of drug-likeness (QED) is 0.680. The van der Waals surface area contributed by atoms with Crippen molar-refractivity contribution < 1.29 is 22.4 Å². The third kappa shape index (κ3) is 4.16. The summed E-state index contributed by atoms with van der Waals surface area (Å²) in [5, 5.41) is 6.43. The molecule has 160 valence electrons. The van der Waals surface area contributed by atoms with Crippen LogP contribution in [0, 0.1) is 0 Å². The molecule has 1 unspecified atom stereocenters. The van der Waals surface area contributed by atoms with Crippen molar-refractivity contribution in [2.75, 3.05) is 19.6 Å². The summed E-state index contributed by atoms with van der Waals surface area (Å²) in [4.78, 5) is 22.7. The van der Waals surface area contributed by atoms with Crippen LogP contribution in [0.5, 0.6) is 0 Å². The SMILES string of the molecule is CC1CCCCN1CCNC(=O)c1nc2nc(-c3ccco3)cc(C(F)(F)F)n2n1. The molecule has 1 N–H and O–H groups in total. The van der Waals surface area contributed by atoms with Crippen molar-refractivity contribution in [2.45, 2.75) is 38.4 Å². The van der Waals surface area contributed by atoms with E-state index in [4.69, 9.17) is 4.42 Å². The Labute approximate surface area is 170 Å². The number of halogens is 3. The van der Waals surface area contributed by atoms with Crippen LogP contribution in [0.15, 0.2) is 28.9 Å². The van der Waals surface area contributed by atoms with Gasteiger partial charge in [-0.05, 0) is 44.5 Å². The Balaban J connectivity index is 1.55. The minimum Gasteiger partial charge on any atom is -0.463 e. The maximum atomic E-state index is 13.5. The maximum Gasteiger partial charge on any atom is 0.433 e. The first-order chi connectivity index (χ1) is 14.3. The van der Waals surface area contributed by atoms with Gasteiger partial charge < -0.3 is 9.73 Å². The Morgan fingerprint density at radius 3 is 2.87 bits per heavy atom. The van der Waals surface area contributed by atoms with Crippen LogP contribution in [0.25, 0.3) is 17.2 Å². The fraction of sp³-hybridized carbons (Fsp3) is 0.474. The van der Waals surface area contributed by atoms with Gasteiger partial charge in [0.2, 0.25) is 5.82 Å². The zero-order valence-electron chi connectivity index (χ0n) is 16.3. The molecule has 1 atom stereocenters. The van der Waals surface area contributed by atoms with Gasteiger partial charge in [0, 0.05) is 19.1 Å². The first-order valence-electron chi connectivity index (χ1n) is 9.74. The van der Waals surface area contributed by atoms with E-state index in [1.165, 1.54) is 18.8 Å². The molecule has 1 aliphatic heterocycles. The van der Waals surface area contributed by atoms with Crippen LogP contribution < -0.4 is 5.32 Å². The zero-order chi connectivity index (χ0) is 21.3. The second-order valence-electron chi connectivity index (χ2n) is 7.29. The summed E-state index contributed by atoms with van der Waals surface area (Å²) in [6, 6.07) is 4.30. The standard InChI is InChI=1S/C19H21F3N6O2/c1-12-5-2-3-8-27(12)9-7-23-17(29)16-25-18-24-13(14-6-4-10-30-14)11-15(19(20,21)22)28(18)26-16/h4,6,10-12H,2-3,5,7-9H2,1H3,(H,23,29). The van der Waals surface area contributed by atoms with Gasteiger partial charge in [0.1, 0.15) is 5.69 Å². The van der Waals surface area contributed by atoms with Gasteiger partial charge in [0.15, 0.2) is 11.5 Å². The van der Waals surface area contributed by atoms with Crippen molar-refractivity contribution in [2.24, 2.45) is 0 Å². The maximum absolute atomic E-state index is 13.5. The number of carbonyl (C=O) groups excluding carboxylic acids is 1. The molecule has 0 bridgehead atoms. The Bertz CT molecular complexity index is 1030. The van der Waals surface area contributed by atoms with E-state index in [2.05, 4.69) is 32.2 Å². The van der Waals surface area contributed by atoms with Gasteiger partial charge in [0.25, 0.3) is 11.7 Å². The molecule has 1 fully saturated rings. The number of fused-ring (bicyclic) bond motifs is 1. The third-order valence-corrected chi connectivity index (χ3v) is 5.20. The highest BCUT2D eigenvalue weighted by Gasteiger charge is 2.36. The van der Waals surface area contributed by atoms with Crippen molar-refractivity contribution in [1.82, 2.24) is 29.8 Å². The fourth-order valence-corrected chi connectivity index (χ4v) is 3.60. The minimum atomic E-state index is -4.71. The number of alkyl halides is 3. The smallest absolute Gasteiger partial charge is 0.433 e. The molecule has 0 radical (unpaired) electrons. The van der Waals surface area contributed by atoms with Crippen molar-refractivity contribution >= 4 is 11.7 Å². The Kier molecular flexibility index (Phi) is 5.46. The van der Waals surface area contributed by atoms with Crippen molar-refractivity contribution in [3.05, 3.63) is 36.0 Å². The molecule has 4 heterocycles. The largest absolute Gasteiger partial charge is 0.463 e. The summed E-state index contributed by atoms with van der Waals surface area (Å²) in [5.41, 5.74) is -1.13. The first-order valence-corrected chi connectivity index (χ1v) is 9.74. The summed E-state index contributed by atoms with van der Waals surface area (Å²) in [7, 11) is 0. The Morgan fingerprint density at radius 2 is 2.17 bits per heavy atom. The average Bonchev–Trinajstić information content (AvgIpc) is 3.37. The van der Waals surface area contributed by atoms with Gasteiger partial charge >= 0.3 is 6.18 Å². The summed E-state index contributed by atoms with van der Waals surface area (Å²) in [6.07, 6.45) is 0.0560. The van der Waals surface area contributed by atoms with Crippen LogP contribution in [0.1, 0.15) is 42.5 Å². The molecule has 0 spiro atoms. The molecule has 0 aromatic carbocycles. The van der Waals surface area contributed by atoms with E-state index in [1.807, 2.05) is 0 Å². The highest BCUT2D eigenvalue weighted by Crippen LogP contribution is 2.31. The number of amides is 1. The Morgan fingerprint density at radius 1 is 1.33 bits per heavy atom. The van der Waals surface area contributed by atoms with E-state index in [1.54, 1.807) is 6.07 Å². The number of nitrogens with one attached hydrogen (secondary N) is 1. The number of nitrogens with zero attached hydrogens (tertiary/aromatic N) is 5. The lowest BCUT2D eigenvalue weighted by Crippen LogP contribution is -2.42. The van der Waals surface area contributed by atoms with E-state index in [0.717, 1.165) is 25.5 Å². The number of rotatable bonds is 5. The van der Waals surface area contributed by atoms with E-state index in [-0.39, 0.29) is 23.1 Å². The number of carbonyl (C=O) groups is 1. The predicted octanol–water partition coefficient (Wildman–Crippen LogP) is 3.01. The number of furan rings is 1. The molecule has 3 aromatic rings. The lowest BCUT2D eigenvalue weighted by molar-refractivity contribution is -0.142. The van der Waals surface area contributed by atoms with Crippen LogP contribution >= 0.6 is 0 Å². The fourth-order valence-electron chi connectivity index (χ4n) is 3.60. The molecule has 4 rings (SSSR count). The predicted molar refractivity (Wildman–Crippen MR) is 101 cm³/mol. The van der Waals surface area contributed by atoms with Gasteiger partial charge in [-0.15, -0.1) is 5.10 Å². The van der Waals surface area contributed by atoms with E-state index in [9.17, 15) is 18.0 Å². The van der Waals surface area contributed by atoms with Gasteiger partial charge in [-0.3, -0.25) is 9.69 Å². The minimum absolute atomic E-state index is 0.0433. The number of aromatic nitrogens is 4. The van der Waals surface area contributed by atoms with Gasteiger partial charge in [-0.1, -0.05) is 6.42 Å². The highest BCUT2D eigenvalue weighted by molar-refractivity contribution is 5.90. The van der Waals surface area contributed by atoms with Crippen LogP contribution in [-0.2, 0) is 6.18 Å². The molecule has 0 saturated carbocycles. The summed E-state index contributed by atoms with van der Waals surface area (Å²) >= 11 is 0. The van der Waals surface area contributed by atoms with Crippen LogP contribution in [0.4, 0.5) is 13.2 Å². The number of hydrogen-bond acceptors (Lipinski definition) is 6. The van der Waals surface area contributed by atoms with Gasteiger partial charge in [-0.25, -0.2) is 4.98 Å². The highest BCUT2D eigenvalue weighted by atomic mass is 19.4. The molecule has 11 heteroatoms. The molecule has 1 aliphatic rings. The Hall–Kier alpha value is -2.95. The van der Waals surface area contributed by atoms with Crippen LogP contribution in [-0.4, -0.2) is 56.1 Å². The van der Waals surface area contributed by atoms with Crippen molar-refractivity contribution in [1.29, 1.82) is 0 Å². The van der Waals surface area contributed by atoms with E-state index >= 15 is 0 Å². The normalized spacial score (nSPS) is 18.1. The third-order valence-electron chi connectivity index (χ3n) is 5.20. The molecule has 3 aromatic heterocycles. The number of piperidine rings is 1. The van der Waals surface area contributed by atoms with E-state index < -0.39 is 17.8 Å². The van der Waals surface area contributed by atoms with Gasteiger partial charge in [0.05, 0.1) is 6.26 Å². The molecule has 1 amide bonds. The molecule has 0 aliphatic carbocycles. The number of likely N-dealkylation sites (tertiary alicyclic amines) is 1. The monoisotopic (exact) mass is 422 g/mol. The average molecular weight is 422 g/mol. The topological polar surface area (TPSA) is 88.6 Å². The van der Waals surface area contributed by atoms with Crippen LogP contribution in [0.2, 0.25) is 0 Å². The van der Waals surface area contributed by atoms with Crippen molar-refractivity contribution in [3.63, 3.8) is 0 Å². The molecular weight excluding hydrogens is 401 g/mol. The molecule has 8 nitrogen and oxygen atoms in total. The first kappa shape index (κ1) is 20.3. The summed E-state index contributed by atoms with van der Waals surface area (Å²) < 4.78 is 46.3.